The third-order valence-corrected chi connectivity index (χ3v) is 7.41. The number of hydrogen-bond acceptors (Lipinski definition) is 7. The van der Waals surface area contributed by atoms with Crippen LogP contribution in [0.15, 0.2) is 23.4 Å². The number of halogens is 1. The predicted octanol–water partition coefficient (Wildman–Crippen LogP) is 4.21. The summed E-state index contributed by atoms with van der Waals surface area (Å²) in [5, 5.41) is 20.1. The zero-order valence-electron chi connectivity index (χ0n) is 15.0. The second kappa shape index (κ2) is 6.47. The standard InChI is InChI=1S/C19H15ClN6S2/c1-2-3-19(6-7-19)25-28-12-8-13(20)15-22-9-14(26(15)10-12)16-23-24-17(27-16)18(11-21)4-5-18/h8-10,25H,4-7H2,1H3. The van der Waals surface area contributed by atoms with E-state index in [1.807, 2.05) is 23.6 Å². The molecule has 2 aliphatic carbocycles. The molecule has 0 unspecified atom stereocenters. The first kappa shape index (κ1) is 18.0. The van der Waals surface area contributed by atoms with E-state index in [0.29, 0.717) is 10.7 Å². The molecule has 2 aliphatic rings. The molecule has 0 bridgehead atoms. The second-order valence-electron chi connectivity index (χ2n) is 7.13. The highest BCUT2D eigenvalue weighted by atomic mass is 35.5. The Bertz CT molecular complexity index is 1190. The number of fused-ring (bicyclic) bond motifs is 1. The van der Waals surface area contributed by atoms with Gasteiger partial charge in [-0.3, -0.25) is 4.40 Å². The fourth-order valence-electron chi connectivity index (χ4n) is 3.03. The van der Waals surface area contributed by atoms with Crippen molar-refractivity contribution < 1.29 is 0 Å². The normalized spacial score (nSPS) is 18.3. The largest absolute Gasteiger partial charge is 0.295 e. The van der Waals surface area contributed by atoms with Crippen molar-refractivity contribution in [3.05, 3.63) is 28.5 Å². The minimum Gasteiger partial charge on any atom is -0.295 e. The van der Waals surface area contributed by atoms with Crippen LogP contribution in [0.2, 0.25) is 5.02 Å². The number of aromatic nitrogens is 4. The SMILES string of the molecule is CC#CC1(NSc2cc(Cl)c3ncc(-c4nnc(C5(C#N)CC5)s4)n3c2)CC1. The molecule has 5 rings (SSSR count). The Morgan fingerprint density at radius 3 is 2.82 bits per heavy atom. The molecule has 3 heterocycles. The number of rotatable bonds is 5. The lowest BCUT2D eigenvalue weighted by Crippen LogP contribution is -2.22. The first-order valence-electron chi connectivity index (χ1n) is 8.88. The summed E-state index contributed by atoms with van der Waals surface area (Å²) in [5.41, 5.74) is 0.987. The smallest absolute Gasteiger partial charge is 0.166 e. The van der Waals surface area contributed by atoms with Gasteiger partial charge in [-0.05, 0) is 50.6 Å². The number of hydrogen-bond donors (Lipinski definition) is 1. The lowest BCUT2D eigenvalue weighted by Gasteiger charge is -2.11. The van der Waals surface area contributed by atoms with Crippen molar-refractivity contribution in [1.29, 1.82) is 5.26 Å². The van der Waals surface area contributed by atoms with Crippen LogP contribution < -0.4 is 4.72 Å². The van der Waals surface area contributed by atoms with Gasteiger partial charge in [-0.15, -0.1) is 16.1 Å². The van der Waals surface area contributed by atoms with Crippen molar-refractivity contribution in [1.82, 2.24) is 24.3 Å². The minimum atomic E-state index is -0.433. The number of nitrogens with zero attached hydrogens (tertiary/aromatic N) is 5. The van der Waals surface area contributed by atoms with Gasteiger partial charge in [0.1, 0.15) is 16.1 Å². The average Bonchev–Trinajstić information content (AvgIpc) is 3.55. The average molecular weight is 427 g/mol. The number of pyridine rings is 1. The van der Waals surface area contributed by atoms with Crippen molar-refractivity contribution in [2.45, 2.75) is 48.5 Å². The maximum absolute atomic E-state index is 9.40. The molecule has 0 amide bonds. The number of nitriles is 1. The molecule has 140 valence electrons. The summed E-state index contributed by atoms with van der Waals surface area (Å²) < 4.78 is 5.40. The molecule has 0 saturated heterocycles. The van der Waals surface area contributed by atoms with Crippen LogP contribution in [0.5, 0.6) is 0 Å². The molecule has 0 radical (unpaired) electrons. The van der Waals surface area contributed by atoms with Gasteiger partial charge in [-0.2, -0.15) is 5.26 Å². The maximum atomic E-state index is 9.40. The Morgan fingerprint density at radius 2 is 2.14 bits per heavy atom. The van der Waals surface area contributed by atoms with Gasteiger partial charge in [0.15, 0.2) is 10.7 Å². The van der Waals surface area contributed by atoms with Gasteiger partial charge in [0.25, 0.3) is 0 Å². The first-order chi connectivity index (χ1) is 13.6. The first-order valence-corrected chi connectivity index (χ1v) is 10.9. The molecular formula is C19H15ClN6S2. The topological polar surface area (TPSA) is 78.9 Å². The van der Waals surface area contributed by atoms with E-state index in [0.717, 1.165) is 46.3 Å². The van der Waals surface area contributed by atoms with Crippen molar-refractivity contribution in [2.75, 3.05) is 0 Å². The fraction of sp³-hybridized carbons (Fsp3) is 0.368. The molecule has 0 atom stereocenters. The van der Waals surface area contributed by atoms with E-state index >= 15 is 0 Å². The van der Waals surface area contributed by atoms with Gasteiger partial charge in [-0.1, -0.05) is 28.9 Å². The van der Waals surface area contributed by atoms with E-state index in [1.54, 1.807) is 6.20 Å². The highest BCUT2D eigenvalue weighted by Crippen LogP contribution is 2.49. The fourth-order valence-corrected chi connectivity index (χ4v) is 5.30. The Hall–Kier alpha value is -2.10. The van der Waals surface area contributed by atoms with E-state index < -0.39 is 5.41 Å². The maximum Gasteiger partial charge on any atom is 0.166 e. The Balaban J connectivity index is 1.48. The minimum absolute atomic E-state index is 0.0807. The molecule has 3 aromatic heterocycles. The van der Waals surface area contributed by atoms with Crippen LogP contribution in [0.25, 0.3) is 16.3 Å². The molecule has 6 nitrogen and oxygen atoms in total. The molecule has 1 N–H and O–H groups in total. The van der Waals surface area contributed by atoms with Gasteiger partial charge in [0, 0.05) is 11.1 Å². The quantitative estimate of drug-likeness (QED) is 0.486. The predicted molar refractivity (Wildman–Crippen MR) is 110 cm³/mol. The van der Waals surface area contributed by atoms with Crippen molar-refractivity contribution in [3.63, 3.8) is 0 Å². The monoisotopic (exact) mass is 426 g/mol. The molecular weight excluding hydrogens is 412 g/mol. The Morgan fingerprint density at radius 1 is 1.32 bits per heavy atom. The summed E-state index contributed by atoms with van der Waals surface area (Å²) in [6, 6.07) is 4.28. The lowest BCUT2D eigenvalue weighted by molar-refractivity contribution is 0.812. The van der Waals surface area contributed by atoms with Crippen molar-refractivity contribution >= 4 is 40.5 Å². The van der Waals surface area contributed by atoms with Gasteiger partial charge in [0.2, 0.25) is 0 Å². The van der Waals surface area contributed by atoms with Crippen LogP contribution in [0.3, 0.4) is 0 Å². The van der Waals surface area contributed by atoms with Gasteiger partial charge < -0.3 is 0 Å². The van der Waals surface area contributed by atoms with Crippen LogP contribution in [0.1, 0.15) is 37.6 Å². The number of nitrogens with one attached hydrogen (secondary N) is 1. The van der Waals surface area contributed by atoms with Crippen molar-refractivity contribution in [2.24, 2.45) is 0 Å². The van der Waals surface area contributed by atoms with E-state index in [2.05, 4.69) is 37.8 Å². The van der Waals surface area contributed by atoms with E-state index in [-0.39, 0.29) is 5.54 Å². The molecule has 0 aromatic carbocycles. The molecule has 2 fully saturated rings. The van der Waals surface area contributed by atoms with E-state index in [4.69, 9.17) is 11.6 Å². The summed E-state index contributed by atoms with van der Waals surface area (Å²) in [6.45, 7) is 1.86. The van der Waals surface area contributed by atoms with Crippen LogP contribution in [0.4, 0.5) is 0 Å². The summed E-state index contributed by atoms with van der Waals surface area (Å²) in [4.78, 5) is 5.42. The van der Waals surface area contributed by atoms with Crippen molar-refractivity contribution in [3.8, 4) is 28.6 Å². The van der Waals surface area contributed by atoms with Crippen LogP contribution in [-0.2, 0) is 5.41 Å². The second-order valence-corrected chi connectivity index (χ2v) is 9.39. The van der Waals surface area contributed by atoms with Gasteiger partial charge in [-0.25, -0.2) is 9.71 Å². The van der Waals surface area contributed by atoms with E-state index in [1.165, 1.54) is 23.3 Å². The summed E-state index contributed by atoms with van der Waals surface area (Å²) in [5.74, 6) is 6.23. The zero-order chi connectivity index (χ0) is 19.4. The Labute approximate surface area is 175 Å². The van der Waals surface area contributed by atoms with Crippen LogP contribution in [0, 0.1) is 23.2 Å². The van der Waals surface area contributed by atoms with Gasteiger partial charge in [0.05, 0.1) is 22.8 Å². The summed E-state index contributed by atoms with van der Waals surface area (Å²) in [6.07, 6.45) is 7.57. The van der Waals surface area contributed by atoms with E-state index in [9.17, 15) is 5.26 Å². The third-order valence-electron chi connectivity index (χ3n) is 5.03. The molecule has 0 aliphatic heterocycles. The summed E-state index contributed by atoms with van der Waals surface area (Å²) in [7, 11) is 0. The molecule has 28 heavy (non-hydrogen) atoms. The molecule has 3 aromatic rings. The lowest BCUT2D eigenvalue weighted by atomic mass is 10.1. The van der Waals surface area contributed by atoms with Crippen LogP contribution >= 0.6 is 34.9 Å². The third kappa shape index (κ3) is 2.98. The molecule has 2 saturated carbocycles. The summed E-state index contributed by atoms with van der Waals surface area (Å²) >= 11 is 9.46. The Kier molecular flexibility index (Phi) is 4.15. The zero-order valence-corrected chi connectivity index (χ0v) is 17.4. The molecule has 0 spiro atoms. The van der Waals surface area contributed by atoms with Gasteiger partial charge >= 0.3 is 0 Å². The molecule has 9 heteroatoms. The highest BCUT2D eigenvalue weighted by molar-refractivity contribution is 7.97. The highest BCUT2D eigenvalue weighted by Gasteiger charge is 2.48. The van der Waals surface area contributed by atoms with Crippen LogP contribution in [-0.4, -0.2) is 25.1 Å². The number of imidazole rings is 1.